The summed E-state index contributed by atoms with van der Waals surface area (Å²) in [5, 5.41) is 12.2. The Labute approximate surface area is 127 Å². The van der Waals surface area contributed by atoms with E-state index in [0.29, 0.717) is 25.1 Å². The van der Waals surface area contributed by atoms with Gasteiger partial charge in [0.1, 0.15) is 5.75 Å². The summed E-state index contributed by atoms with van der Waals surface area (Å²) in [5.74, 6) is 0.857. The standard InChI is InChI=1S/C17H27NO3/c1-5-16(21-15-8-6-7-12(2)10-15)17(20)18-11-13(3)9-14(4)19/h6-8,10,13-14,16,19H,5,9,11H2,1-4H3,(H,18,20). The van der Waals surface area contributed by atoms with E-state index in [4.69, 9.17) is 4.74 Å². The van der Waals surface area contributed by atoms with Crippen LogP contribution < -0.4 is 10.1 Å². The summed E-state index contributed by atoms with van der Waals surface area (Å²) >= 11 is 0. The van der Waals surface area contributed by atoms with Crippen molar-refractivity contribution < 1.29 is 14.6 Å². The maximum absolute atomic E-state index is 12.2. The van der Waals surface area contributed by atoms with Gasteiger partial charge in [-0.1, -0.05) is 26.0 Å². The lowest BCUT2D eigenvalue weighted by Gasteiger charge is -2.19. The first-order valence-electron chi connectivity index (χ1n) is 7.61. The van der Waals surface area contributed by atoms with Gasteiger partial charge in [0, 0.05) is 6.54 Å². The Morgan fingerprint density at radius 2 is 2.10 bits per heavy atom. The van der Waals surface area contributed by atoms with Crippen molar-refractivity contribution in [2.45, 2.75) is 52.7 Å². The lowest BCUT2D eigenvalue weighted by atomic mass is 10.0. The highest BCUT2D eigenvalue weighted by atomic mass is 16.5. The van der Waals surface area contributed by atoms with Gasteiger partial charge in [-0.2, -0.15) is 0 Å². The number of rotatable bonds is 8. The van der Waals surface area contributed by atoms with Crippen LogP contribution in [-0.2, 0) is 4.79 Å². The summed E-state index contributed by atoms with van der Waals surface area (Å²) < 4.78 is 5.76. The van der Waals surface area contributed by atoms with Gasteiger partial charge in [-0.05, 0) is 50.3 Å². The number of amides is 1. The lowest BCUT2D eigenvalue weighted by molar-refractivity contribution is -0.128. The lowest BCUT2D eigenvalue weighted by Crippen LogP contribution is -2.40. The Hall–Kier alpha value is -1.55. The molecule has 1 rings (SSSR count). The molecule has 0 saturated heterocycles. The molecule has 1 aromatic rings. The molecule has 3 unspecified atom stereocenters. The molecule has 0 radical (unpaired) electrons. The molecule has 2 N–H and O–H groups in total. The molecule has 4 heteroatoms. The quantitative estimate of drug-likeness (QED) is 0.774. The number of benzene rings is 1. The third-order valence-electron chi connectivity index (χ3n) is 3.30. The van der Waals surface area contributed by atoms with Crippen LogP contribution in [0, 0.1) is 12.8 Å². The van der Waals surface area contributed by atoms with Crippen LogP contribution in [0.5, 0.6) is 5.75 Å². The van der Waals surface area contributed by atoms with Gasteiger partial charge in [-0.25, -0.2) is 0 Å². The van der Waals surface area contributed by atoms with E-state index in [1.165, 1.54) is 0 Å². The fourth-order valence-corrected chi connectivity index (χ4v) is 2.23. The van der Waals surface area contributed by atoms with E-state index in [1.54, 1.807) is 6.92 Å². The Balaban J connectivity index is 2.49. The number of aryl methyl sites for hydroxylation is 1. The molecule has 118 valence electrons. The second-order valence-corrected chi connectivity index (χ2v) is 5.77. The predicted molar refractivity (Wildman–Crippen MR) is 84.4 cm³/mol. The van der Waals surface area contributed by atoms with Crippen LogP contribution >= 0.6 is 0 Å². The predicted octanol–water partition coefficient (Wildman–Crippen LogP) is 2.68. The molecule has 0 spiro atoms. The van der Waals surface area contributed by atoms with Crippen molar-refractivity contribution in [3.8, 4) is 5.75 Å². The smallest absolute Gasteiger partial charge is 0.261 e. The SMILES string of the molecule is CCC(Oc1cccc(C)c1)C(=O)NCC(C)CC(C)O. The van der Waals surface area contributed by atoms with Crippen LogP contribution in [0.1, 0.15) is 39.2 Å². The number of aliphatic hydroxyl groups is 1. The van der Waals surface area contributed by atoms with Crippen molar-refractivity contribution in [1.82, 2.24) is 5.32 Å². The van der Waals surface area contributed by atoms with Crippen LogP contribution in [0.2, 0.25) is 0 Å². The molecule has 21 heavy (non-hydrogen) atoms. The Morgan fingerprint density at radius 1 is 1.38 bits per heavy atom. The van der Waals surface area contributed by atoms with Crippen molar-refractivity contribution in [3.63, 3.8) is 0 Å². The van der Waals surface area contributed by atoms with Crippen molar-refractivity contribution in [2.24, 2.45) is 5.92 Å². The Bertz CT molecular complexity index is 445. The molecule has 3 atom stereocenters. The minimum absolute atomic E-state index is 0.101. The molecule has 0 bridgehead atoms. The first kappa shape index (κ1) is 17.5. The molecule has 4 nitrogen and oxygen atoms in total. The summed E-state index contributed by atoms with van der Waals surface area (Å²) in [5.41, 5.74) is 1.10. The molecule has 0 heterocycles. The average molecular weight is 293 g/mol. The molecule has 0 saturated carbocycles. The van der Waals surface area contributed by atoms with Crippen molar-refractivity contribution in [3.05, 3.63) is 29.8 Å². The van der Waals surface area contributed by atoms with E-state index in [1.807, 2.05) is 45.0 Å². The molecular formula is C17H27NO3. The second kappa shape index (κ2) is 8.67. The molecule has 1 aromatic carbocycles. The fourth-order valence-electron chi connectivity index (χ4n) is 2.23. The minimum atomic E-state index is -0.481. The van der Waals surface area contributed by atoms with Crippen LogP contribution in [-0.4, -0.2) is 29.8 Å². The number of hydrogen-bond acceptors (Lipinski definition) is 3. The number of carbonyl (C=O) groups is 1. The highest BCUT2D eigenvalue weighted by Crippen LogP contribution is 2.15. The molecular weight excluding hydrogens is 266 g/mol. The monoisotopic (exact) mass is 293 g/mol. The maximum atomic E-state index is 12.2. The van der Waals surface area contributed by atoms with Crippen molar-refractivity contribution in [1.29, 1.82) is 0 Å². The van der Waals surface area contributed by atoms with Gasteiger partial charge in [-0.3, -0.25) is 4.79 Å². The van der Waals surface area contributed by atoms with Gasteiger partial charge >= 0.3 is 0 Å². The van der Waals surface area contributed by atoms with E-state index < -0.39 is 6.10 Å². The normalized spacial score (nSPS) is 15.1. The summed E-state index contributed by atoms with van der Waals surface area (Å²) in [7, 11) is 0. The molecule has 0 aliphatic heterocycles. The minimum Gasteiger partial charge on any atom is -0.481 e. The topological polar surface area (TPSA) is 58.6 Å². The van der Waals surface area contributed by atoms with Gasteiger partial charge in [0.15, 0.2) is 6.10 Å². The molecule has 0 aromatic heterocycles. The first-order chi connectivity index (χ1) is 9.92. The third-order valence-corrected chi connectivity index (χ3v) is 3.30. The zero-order chi connectivity index (χ0) is 15.8. The average Bonchev–Trinajstić information content (AvgIpc) is 2.41. The van der Waals surface area contributed by atoms with Crippen molar-refractivity contribution in [2.75, 3.05) is 6.54 Å². The van der Waals surface area contributed by atoms with E-state index >= 15 is 0 Å². The Kier molecular flexibility index (Phi) is 7.23. The van der Waals surface area contributed by atoms with Gasteiger partial charge in [0.2, 0.25) is 0 Å². The molecule has 0 aliphatic rings. The number of nitrogens with one attached hydrogen (secondary N) is 1. The van der Waals surface area contributed by atoms with Crippen molar-refractivity contribution >= 4 is 5.91 Å². The molecule has 0 aliphatic carbocycles. The van der Waals surface area contributed by atoms with Crippen LogP contribution in [0.25, 0.3) is 0 Å². The highest BCUT2D eigenvalue weighted by molar-refractivity contribution is 5.81. The first-order valence-corrected chi connectivity index (χ1v) is 7.61. The van der Waals surface area contributed by atoms with Gasteiger partial charge in [0.25, 0.3) is 5.91 Å². The summed E-state index contributed by atoms with van der Waals surface area (Å²) in [6.07, 6.45) is 0.466. The third kappa shape index (κ3) is 6.63. The van der Waals surface area contributed by atoms with Gasteiger partial charge in [-0.15, -0.1) is 0 Å². The fraction of sp³-hybridized carbons (Fsp3) is 0.588. The number of ether oxygens (including phenoxy) is 1. The molecule has 0 fully saturated rings. The molecule has 1 amide bonds. The number of aliphatic hydroxyl groups excluding tert-OH is 1. The largest absolute Gasteiger partial charge is 0.481 e. The van der Waals surface area contributed by atoms with Crippen LogP contribution in [0.15, 0.2) is 24.3 Å². The van der Waals surface area contributed by atoms with E-state index in [2.05, 4.69) is 5.32 Å². The highest BCUT2D eigenvalue weighted by Gasteiger charge is 2.19. The summed E-state index contributed by atoms with van der Waals surface area (Å²) in [6, 6.07) is 7.69. The summed E-state index contributed by atoms with van der Waals surface area (Å²) in [4.78, 5) is 12.2. The van der Waals surface area contributed by atoms with Crippen LogP contribution in [0.3, 0.4) is 0 Å². The van der Waals surface area contributed by atoms with E-state index in [-0.39, 0.29) is 17.9 Å². The van der Waals surface area contributed by atoms with Gasteiger partial charge in [0.05, 0.1) is 6.10 Å². The van der Waals surface area contributed by atoms with Crippen LogP contribution in [0.4, 0.5) is 0 Å². The summed E-state index contributed by atoms with van der Waals surface area (Å²) in [6.45, 7) is 8.24. The van der Waals surface area contributed by atoms with Gasteiger partial charge < -0.3 is 15.2 Å². The zero-order valence-electron chi connectivity index (χ0n) is 13.4. The maximum Gasteiger partial charge on any atom is 0.261 e. The Morgan fingerprint density at radius 3 is 2.67 bits per heavy atom. The second-order valence-electron chi connectivity index (χ2n) is 5.77. The van der Waals surface area contributed by atoms with E-state index in [9.17, 15) is 9.90 Å². The van der Waals surface area contributed by atoms with E-state index in [0.717, 1.165) is 5.56 Å². The number of hydrogen-bond donors (Lipinski definition) is 2. The zero-order valence-corrected chi connectivity index (χ0v) is 13.4. The number of carbonyl (C=O) groups excluding carboxylic acids is 1.